The first-order valence-electron chi connectivity index (χ1n) is 5.75. The average molecular weight is 251 g/mol. The van der Waals surface area contributed by atoms with Gasteiger partial charge in [0.1, 0.15) is 4.83 Å². The van der Waals surface area contributed by atoms with E-state index < -0.39 is 0 Å². The Balaban J connectivity index is 2.43. The van der Waals surface area contributed by atoms with Crippen LogP contribution in [0.25, 0.3) is 10.2 Å². The molecule has 0 spiro atoms. The fourth-order valence-electron chi connectivity index (χ4n) is 1.86. The van der Waals surface area contributed by atoms with Crippen molar-refractivity contribution in [1.82, 2.24) is 14.9 Å². The minimum atomic E-state index is 0.0907. The van der Waals surface area contributed by atoms with Gasteiger partial charge in [-0.15, -0.1) is 11.3 Å². The Morgan fingerprint density at radius 1 is 1.47 bits per heavy atom. The lowest BCUT2D eigenvalue weighted by Gasteiger charge is -2.04. The van der Waals surface area contributed by atoms with E-state index in [9.17, 15) is 4.79 Å². The minimum Gasteiger partial charge on any atom is -0.320 e. The van der Waals surface area contributed by atoms with E-state index in [0.29, 0.717) is 0 Å². The average Bonchev–Trinajstić information content (AvgIpc) is 2.59. The molecule has 0 aliphatic carbocycles. The Kier molecular flexibility index (Phi) is 3.59. The molecule has 0 fully saturated rings. The molecule has 0 unspecified atom stereocenters. The topological polar surface area (TPSA) is 46.9 Å². The molecule has 2 aromatic rings. The number of hydrogen-bond donors (Lipinski definition) is 1. The molecular weight excluding hydrogens is 234 g/mol. The van der Waals surface area contributed by atoms with Crippen LogP contribution in [0, 0.1) is 13.8 Å². The summed E-state index contributed by atoms with van der Waals surface area (Å²) in [6, 6.07) is 0. The molecule has 0 bridgehead atoms. The summed E-state index contributed by atoms with van der Waals surface area (Å²) in [5.74, 6) is 0. The summed E-state index contributed by atoms with van der Waals surface area (Å²) < 4.78 is 1.71. The number of rotatable bonds is 4. The van der Waals surface area contributed by atoms with Crippen LogP contribution in [0.5, 0.6) is 0 Å². The molecule has 0 saturated heterocycles. The molecule has 2 rings (SSSR count). The van der Waals surface area contributed by atoms with Crippen LogP contribution in [0.1, 0.15) is 16.9 Å². The molecule has 17 heavy (non-hydrogen) atoms. The number of aromatic nitrogens is 2. The van der Waals surface area contributed by atoms with E-state index in [-0.39, 0.29) is 5.56 Å². The molecule has 92 valence electrons. The van der Waals surface area contributed by atoms with Gasteiger partial charge in [0.25, 0.3) is 5.56 Å². The van der Waals surface area contributed by atoms with Gasteiger partial charge in [0.15, 0.2) is 0 Å². The van der Waals surface area contributed by atoms with Crippen molar-refractivity contribution in [2.45, 2.75) is 26.8 Å². The predicted octanol–water partition coefficient (Wildman–Crippen LogP) is 1.68. The zero-order valence-electron chi connectivity index (χ0n) is 10.4. The van der Waals surface area contributed by atoms with Crippen molar-refractivity contribution < 1.29 is 0 Å². The van der Waals surface area contributed by atoms with Gasteiger partial charge < -0.3 is 5.32 Å². The molecule has 5 heteroatoms. The largest absolute Gasteiger partial charge is 0.320 e. The molecule has 2 heterocycles. The maximum atomic E-state index is 12.3. The Bertz CT molecular complexity index is 585. The predicted molar refractivity (Wildman–Crippen MR) is 71.9 cm³/mol. The molecule has 0 aliphatic heterocycles. The third kappa shape index (κ3) is 2.25. The second kappa shape index (κ2) is 4.98. The van der Waals surface area contributed by atoms with Crippen LogP contribution in [0.15, 0.2) is 11.1 Å². The normalized spacial score (nSPS) is 11.2. The van der Waals surface area contributed by atoms with Crippen molar-refractivity contribution in [3.8, 4) is 0 Å². The zero-order valence-corrected chi connectivity index (χ0v) is 11.2. The van der Waals surface area contributed by atoms with Gasteiger partial charge in [0.2, 0.25) is 0 Å². The molecule has 0 radical (unpaired) electrons. The lowest BCUT2D eigenvalue weighted by Crippen LogP contribution is -2.22. The Morgan fingerprint density at radius 3 is 2.94 bits per heavy atom. The summed E-state index contributed by atoms with van der Waals surface area (Å²) in [6.45, 7) is 5.66. The maximum Gasteiger partial charge on any atom is 0.262 e. The smallest absolute Gasteiger partial charge is 0.262 e. The van der Waals surface area contributed by atoms with Gasteiger partial charge in [-0.1, -0.05) is 0 Å². The van der Waals surface area contributed by atoms with Crippen LogP contribution < -0.4 is 10.9 Å². The van der Waals surface area contributed by atoms with E-state index in [2.05, 4.69) is 10.3 Å². The first-order chi connectivity index (χ1) is 8.15. The van der Waals surface area contributed by atoms with Gasteiger partial charge in [0, 0.05) is 11.4 Å². The number of nitrogens with one attached hydrogen (secondary N) is 1. The molecule has 0 aromatic carbocycles. The SMILES string of the molecule is CNCCCn1cnc2sc(C)c(C)c2c1=O. The summed E-state index contributed by atoms with van der Waals surface area (Å²) in [6.07, 6.45) is 2.60. The fourth-order valence-corrected chi connectivity index (χ4v) is 2.84. The van der Waals surface area contributed by atoms with Crippen LogP contribution in [-0.4, -0.2) is 23.1 Å². The second-order valence-corrected chi connectivity index (χ2v) is 5.37. The number of thiophene rings is 1. The van der Waals surface area contributed by atoms with Crippen LogP contribution in [-0.2, 0) is 6.54 Å². The van der Waals surface area contributed by atoms with Crippen molar-refractivity contribution in [1.29, 1.82) is 0 Å². The first kappa shape index (κ1) is 12.3. The third-order valence-corrected chi connectivity index (χ3v) is 4.10. The van der Waals surface area contributed by atoms with Gasteiger partial charge in [-0.2, -0.15) is 0 Å². The maximum absolute atomic E-state index is 12.3. The van der Waals surface area contributed by atoms with Gasteiger partial charge in [-0.25, -0.2) is 4.98 Å². The fraction of sp³-hybridized carbons (Fsp3) is 0.500. The molecular formula is C12H17N3OS. The highest BCUT2D eigenvalue weighted by molar-refractivity contribution is 7.18. The Morgan fingerprint density at radius 2 is 2.24 bits per heavy atom. The van der Waals surface area contributed by atoms with Crippen molar-refractivity contribution in [2.75, 3.05) is 13.6 Å². The summed E-state index contributed by atoms with van der Waals surface area (Å²) in [5.41, 5.74) is 1.17. The number of fused-ring (bicyclic) bond motifs is 1. The van der Waals surface area contributed by atoms with Crippen LogP contribution in [0.3, 0.4) is 0 Å². The molecule has 0 amide bonds. The highest BCUT2D eigenvalue weighted by Gasteiger charge is 2.11. The summed E-state index contributed by atoms with van der Waals surface area (Å²) in [4.78, 5) is 18.7. The van der Waals surface area contributed by atoms with Gasteiger partial charge >= 0.3 is 0 Å². The van der Waals surface area contributed by atoms with E-state index in [4.69, 9.17) is 0 Å². The highest BCUT2D eigenvalue weighted by Crippen LogP contribution is 2.25. The van der Waals surface area contributed by atoms with Crippen LogP contribution >= 0.6 is 11.3 Å². The summed E-state index contributed by atoms with van der Waals surface area (Å²) >= 11 is 1.59. The van der Waals surface area contributed by atoms with Crippen molar-refractivity contribution in [3.05, 3.63) is 27.1 Å². The Labute approximate surface area is 104 Å². The minimum absolute atomic E-state index is 0.0907. The molecule has 4 nitrogen and oxygen atoms in total. The van der Waals surface area contributed by atoms with E-state index in [1.165, 1.54) is 4.88 Å². The molecule has 1 N–H and O–H groups in total. The van der Waals surface area contributed by atoms with Crippen LogP contribution in [0.2, 0.25) is 0 Å². The molecule has 0 aliphatic rings. The van der Waals surface area contributed by atoms with Gasteiger partial charge in [-0.3, -0.25) is 9.36 Å². The number of nitrogens with zero attached hydrogens (tertiary/aromatic N) is 2. The lowest BCUT2D eigenvalue weighted by atomic mass is 10.2. The quantitative estimate of drug-likeness (QED) is 0.841. The van der Waals surface area contributed by atoms with Crippen molar-refractivity contribution in [3.63, 3.8) is 0 Å². The molecule has 0 atom stereocenters. The standard InChI is InChI=1S/C12H17N3OS/c1-8-9(2)17-11-10(8)12(16)15(7-14-11)6-4-5-13-3/h7,13H,4-6H2,1-3H3. The van der Waals surface area contributed by atoms with E-state index >= 15 is 0 Å². The Hall–Kier alpha value is -1.20. The van der Waals surface area contributed by atoms with E-state index in [1.807, 2.05) is 20.9 Å². The highest BCUT2D eigenvalue weighted by atomic mass is 32.1. The van der Waals surface area contributed by atoms with Crippen molar-refractivity contribution >= 4 is 21.6 Å². The van der Waals surface area contributed by atoms with Crippen LogP contribution in [0.4, 0.5) is 0 Å². The van der Waals surface area contributed by atoms with E-state index in [1.54, 1.807) is 22.2 Å². The number of hydrogen-bond acceptors (Lipinski definition) is 4. The molecule has 0 saturated carbocycles. The molecule has 2 aromatic heterocycles. The first-order valence-corrected chi connectivity index (χ1v) is 6.56. The third-order valence-electron chi connectivity index (χ3n) is 2.98. The van der Waals surface area contributed by atoms with E-state index in [0.717, 1.165) is 35.3 Å². The van der Waals surface area contributed by atoms with Gasteiger partial charge in [0.05, 0.1) is 11.7 Å². The summed E-state index contributed by atoms with van der Waals surface area (Å²) in [7, 11) is 1.91. The monoisotopic (exact) mass is 251 g/mol. The van der Waals surface area contributed by atoms with Gasteiger partial charge in [-0.05, 0) is 39.4 Å². The zero-order chi connectivity index (χ0) is 12.4. The second-order valence-electron chi connectivity index (χ2n) is 4.16. The summed E-state index contributed by atoms with van der Waals surface area (Å²) in [5, 5.41) is 3.87. The number of aryl methyl sites for hydroxylation is 3. The lowest BCUT2D eigenvalue weighted by molar-refractivity contribution is 0.594. The van der Waals surface area contributed by atoms with Crippen molar-refractivity contribution in [2.24, 2.45) is 0 Å².